The smallest absolute Gasteiger partial charge is 0.255 e. The molecule has 4 heteroatoms. The highest BCUT2D eigenvalue weighted by Crippen LogP contribution is 2.32. The molecular weight excluding hydrogens is 286 g/mol. The summed E-state index contributed by atoms with van der Waals surface area (Å²) in [6, 6.07) is 4.23. The fourth-order valence-corrected chi connectivity index (χ4v) is 3.62. The molecule has 0 unspecified atom stereocenters. The van der Waals surface area contributed by atoms with Crippen LogP contribution in [-0.2, 0) is 0 Å². The normalized spacial score (nSPS) is 23.1. The lowest BCUT2D eigenvalue weighted by molar-refractivity contribution is 0.0703. The summed E-state index contributed by atoms with van der Waals surface area (Å²) in [6.45, 7) is 10.5. The van der Waals surface area contributed by atoms with Crippen LogP contribution in [0.1, 0.15) is 49.2 Å². The van der Waals surface area contributed by atoms with E-state index in [1.54, 1.807) is 6.20 Å². The third-order valence-electron chi connectivity index (χ3n) is 5.23. The van der Waals surface area contributed by atoms with Crippen molar-refractivity contribution in [3.05, 3.63) is 29.6 Å². The van der Waals surface area contributed by atoms with Crippen LogP contribution in [0.15, 0.2) is 18.3 Å². The minimum Gasteiger partial charge on any atom is -0.337 e. The number of carbonyl (C=O) groups is 1. The van der Waals surface area contributed by atoms with Crippen LogP contribution < -0.4 is 0 Å². The molecule has 2 aliphatic rings. The number of amides is 1. The van der Waals surface area contributed by atoms with Gasteiger partial charge in [0.15, 0.2) is 0 Å². The van der Waals surface area contributed by atoms with Gasteiger partial charge in [-0.1, -0.05) is 13.8 Å². The minimum atomic E-state index is 0.148. The summed E-state index contributed by atoms with van der Waals surface area (Å²) in [5.41, 5.74) is 1.59. The molecule has 1 saturated heterocycles. The molecule has 2 fully saturated rings. The summed E-state index contributed by atoms with van der Waals surface area (Å²) < 4.78 is 0. The highest BCUT2D eigenvalue weighted by molar-refractivity contribution is 5.95. The first-order valence-electron chi connectivity index (χ1n) is 9.01. The summed E-state index contributed by atoms with van der Waals surface area (Å²) in [6.07, 6.45) is 5.60. The molecule has 1 aromatic rings. The predicted octanol–water partition coefficient (Wildman–Crippen LogP) is 2.97. The van der Waals surface area contributed by atoms with Gasteiger partial charge in [0, 0.05) is 44.1 Å². The van der Waals surface area contributed by atoms with Gasteiger partial charge in [-0.3, -0.25) is 14.7 Å². The third kappa shape index (κ3) is 3.92. The SMILES string of the molecule is Cc1ncccc1C(=O)N1CCCN(CC2CC2)[C@H](C(C)C)C1. The van der Waals surface area contributed by atoms with Crippen molar-refractivity contribution in [1.82, 2.24) is 14.8 Å². The molecule has 1 atom stereocenters. The summed E-state index contributed by atoms with van der Waals surface area (Å²) in [4.78, 5) is 21.9. The summed E-state index contributed by atoms with van der Waals surface area (Å²) in [7, 11) is 0. The van der Waals surface area contributed by atoms with Gasteiger partial charge >= 0.3 is 0 Å². The second-order valence-corrected chi connectivity index (χ2v) is 7.49. The van der Waals surface area contributed by atoms with Crippen molar-refractivity contribution in [3.8, 4) is 0 Å². The summed E-state index contributed by atoms with van der Waals surface area (Å²) in [5, 5.41) is 0. The maximum absolute atomic E-state index is 13.0. The van der Waals surface area contributed by atoms with Crippen molar-refractivity contribution in [3.63, 3.8) is 0 Å². The van der Waals surface area contributed by atoms with Crippen LogP contribution in [0.25, 0.3) is 0 Å². The van der Waals surface area contributed by atoms with Crippen LogP contribution in [0.4, 0.5) is 0 Å². The Balaban J connectivity index is 1.75. The number of carbonyl (C=O) groups excluding carboxylic acids is 1. The molecule has 1 aliphatic carbocycles. The molecule has 0 bridgehead atoms. The lowest BCUT2D eigenvalue weighted by Gasteiger charge is -2.34. The molecule has 0 spiro atoms. The second kappa shape index (κ2) is 7.00. The number of pyridine rings is 1. The Hall–Kier alpha value is -1.42. The van der Waals surface area contributed by atoms with Gasteiger partial charge < -0.3 is 4.90 Å². The van der Waals surface area contributed by atoms with E-state index in [4.69, 9.17) is 0 Å². The number of aryl methyl sites for hydroxylation is 1. The fraction of sp³-hybridized carbons (Fsp3) is 0.684. The zero-order valence-electron chi connectivity index (χ0n) is 14.7. The van der Waals surface area contributed by atoms with E-state index < -0.39 is 0 Å². The highest BCUT2D eigenvalue weighted by atomic mass is 16.2. The van der Waals surface area contributed by atoms with Crippen LogP contribution in [0.5, 0.6) is 0 Å². The van der Waals surface area contributed by atoms with E-state index in [2.05, 4.69) is 28.6 Å². The standard InChI is InChI=1S/C19H29N3O/c1-14(2)18-13-22(11-5-10-21(18)12-16-7-8-16)19(23)17-6-4-9-20-15(17)3/h4,6,9,14,16,18H,5,7-8,10-13H2,1-3H3/t18-/m0/s1. The van der Waals surface area contributed by atoms with Crippen LogP contribution >= 0.6 is 0 Å². The van der Waals surface area contributed by atoms with E-state index in [1.807, 2.05) is 19.1 Å². The van der Waals surface area contributed by atoms with E-state index in [0.717, 1.165) is 43.2 Å². The van der Waals surface area contributed by atoms with E-state index in [9.17, 15) is 4.79 Å². The number of rotatable bonds is 4. The first-order valence-corrected chi connectivity index (χ1v) is 9.01. The number of hydrogen-bond acceptors (Lipinski definition) is 3. The maximum Gasteiger partial charge on any atom is 0.255 e. The van der Waals surface area contributed by atoms with Crippen molar-refractivity contribution < 1.29 is 4.79 Å². The molecule has 1 saturated carbocycles. The second-order valence-electron chi connectivity index (χ2n) is 7.49. The van der Waals surface area contributed by atoms with E-state index in [0.29, 0.717) is 12.0 Å². The van der Waals surface area contributed by atoms with Gasteiger partial charge in [0.1, 0.15) is 0 Å². The quantitative estimate of drug-likeness (QED) is 0.857. The molecule has 126 valence electrons. The maximum atomic E-state index is 13.0. The van der Waals surface area contributed by atoms with Gasteiger partial charge in [0.2, 0.25) is 0 Å². The monoisotopic (exact) mass is 315 g/mol. The molecule has 0 aromatic carbocycles. The Morgan fingerprint density at radius 2 is 2.13 bits per heavy atom. The van der Waals surface area contributed by atoms with Crippen molar-refractivity contribution >= 4 is 5.91 Å². The van der Waals surface area contributed by atoms with E-state index in [-0.39, 0.29) is 5.91 Å². The molecule has 1 aromatic heterocycles. The van der Waals surface area contributed by atoms with Gasteiger partial charge in [-0.2, -0.15) is 0 Å². The first kappa shape index (κ1) is 16.4. The third-order valence-corrected chi connectivity index (χ3v) is 5.23. The molecule has 0 N–H and O–H groups in total. The Labute approximate surface area is 139 Å². The zero-order chi connectivity index (χ0) is 16.4. The lowest BCUT2D eigenvalue weighted by atomic mass is 10.0. The Morgan fingerprint density at radius 3 is 2.78 bits per heavy atom. The molecular formula is C19H29N3O. The van der Waals surface area contributed by atoms with E-state index in [1.165, 1.54) is 19.4 Å². The van der Waals surface area contributed by atoms with Crippen molar-refractivity contribution in [2.75, 3.05) is 26.2 Å². The molecule has 1 amide bonds. The van der Waals surface area contributed by atoms with Crippen LogP contribution in [0, 0.1) is 18.8 Å². The van der Waals surface area contributed by atoms with Crippen molar-refractivity contribution in [2.45, 2.75) is 46.1 Å². The topological polar surface area (TPSA) is 36.4 Å². The number of aromatic nitrogens is 1. The van der Waals surface area contributed by atoms with Gasteiger partial charge in [0.05, 0.1) is 5.56 Å². The largest absolute Gasteiger partial charge is 0.337 e. The van der Waals surface area contributed by atoms with Gasteiger partial charge in [-0.15, -0.1) is 0 Å². The Kier molecular flexibility index (Phi) is 5.00. The zero-order valence-corrected chi connectivity index (χ0v) is 14.7. The predicted molar refractivity (Wildman–Crippen MR) is 92.4 cm³/mol. The molecule has 1 aliphatic heterocycles. The van der Waals surface area contributed by atoms with E-state index >= 15 is 0 Å². The van der Waals surface area contributed by atoms with Crippen LogP contribution in [0.2, 0.25) is 0 Å². The molecule has 3 rings (SSSR count). The van der Waals surface area contributed by atoms with Gasteiger partial charge in [0.25, 0.3) is 5.91 Å². The minimum absolute atomic E-state index is 0.148. The van der Waals surface area contributed by atoms with Crippen molar-refractivity contribution in [2.24, 2.45) is 11.8 Å². The average molecular weight is 315 g/mol. The molecule has 2 heterocycles. The molecule has 0 radical (unpaired) electrons. The van der Waals surface area contributed by atoms with Crippen LogP contribution in [0.3, 0.4) is 0 Å². The van der Waals surface area contributed by atoms with Crippen LogP contribution in [-0.4, -0.2) is 52.9 Å². The average Bonchev–Trinajstić information content (AvgIpc) is 3.34. The highest BCUT2D eigenvalue weighted by Gasteiger charge is 2.33. The Morgan fingerprint density at radius 1 is 1.35 bits per heavy atom. The summed E-state index contributed by atoms with van der Waals surface area (Å²) in [5.74, 6) is 1.62. The molecule has 23 heavy (non-hydrogen) atoms. The number of nitrogens with zero attached hydrogens (tertiary/aromatic N) is 3. The van der Waals surface area contributed by atoms with Gasteiger partial charge in [-0.05, 0) is 50.2 Å². The Bertz CT molecular complexity index is 553. The fourth-order valence-electron chi connectivity index (χ4n) is 3.62. The van der Waals surface area contributed by atoms with Gasteiger partial charge in [-0.25, -0.2) is 0 Å². The molecule has 4 nitrogen and oxygen atoms in total. The lowest BCUT2D eigenvalue weighted by Crippen LogP contribution is -2.46. The van der Waals surface area contributed by atoms with Crippen molar-refractivity contribution in [1.29, 1.82) is 0 Å². The number of hydrogen-bond donors (Lipinski definition) is 0. The first-order chi connectivity index (χ1) is 11.1. The summed E-state index contributed by atoms with van der Waals surface area (Å²) >= 11 is 0.